The van der Waals surface area contributed by atoms with Crippen molar-refractivity contribution in [2.45, 2.75) is 0 Å². The highest BCUT2D eigenvalue weighted by Gasteiger charge is 2.04. The lowest BCUT2D eigenvalue weighted by atomic mass is 10.0. The summed E-state index contributed by atoms with van der Waals surface area (Å²) in [5.41, 5.74) is 2.11. The Kier molecular flexibility index (Phi) is 5.81. The number of pyridine rings is 1. The SMILES string of the molecule is COc1ccc(-c2nccc3ccccc23)cc1.Cl.Cl. The van der Waals surface area contributed by atoms with Gasteiger partial charge in [-0.05, 0) is 35.7 Å². The maximum atomic E-state index is 5.17. The van der Waals surface area contributed by atoms with Crippen molar-refractivity contribution in [1.82, 2.24) is 4.98 Å². The molecule has 0 amide bonds. The number of nitrogens with zero attached hydrogens (tertiary/aromatic N) is 1. The molecule has 1 aromatic heterocycles. The Hall–Kier alpha value is -1.77. The van der Waals surface area contributed by atoms with Crippen LogP contribution in [0.4, 0.5) is 0 Å². The molecule has 0 unspecified atom stereocenters. The number of aromatic nitrogens is 1. The van der Waals surface area contributed by atoms with Crippen LogP contribution in [0.25, 0.3) is 22.0 Å². The van der Waals surface area contributed by atoms with Gasteiger partial charge in [-0.2, -0.15) is 0 Å². The quantitative estimate of drug-likeness (QED) is 0.681. The zero-order valence-corrected chi connectivity index (χ0v) is 12.6. The van der Waals surface area contributed by atoms with Crippen LogP contribution in [0.1, 0.15) is 0 Å². The predicted octanol–water partition coefficient (Wildman–Crippen LogP) is 4.75. The van der Waals surface area contributed by atoms with E-state index >= 15 is 0 Å². The fourth-order valence-electron chi connectivity index (χ4n) is 2.10. The number of methoxy groups -OCH3 is 1. The Morgan fingerprint density at radius 3 is 2.25 bits per heavy atom. The van der Waals surface area contributed by atoms with E-state index in [4.69, 9.17) is 4.74 Å². The molecule has 20 heavy (non-hydrogen) atoms. The molecule has 0 aliphatic carbocycles. The molecule has 104 valence electrons. The lowest BCUT2D eigenvalue weighted by Gasteiger charge is -2.06. The van der Waals surface area contributed by atoms with Gasteiger partial charge in [0.1, 0.15) is 5.75 Å². The maximum absolute atomic E-state index is 5.17. The predicted molar refractivity (Wildman–Crippen MR) is 88.2 cm³/mol. The summed E-state index contributed by atoms with van der Waals surface area (Å²) >= 11 is 0. The molecule has 0 atom stereocenters. The minimum absolute atomic E-state index is 0. The number of ether oxygens (including phenoxy) is 1. The van der Waals surface area contributed by atoms with Gasteiger partial charge in [-0.3, -0.25) is 4.98 Å². The van der Waals surface area contributed by atoms with Gasteiger partial charge in [0.05, 0.1) is 12.8 Å². The summed E-state index contributed by atoms with van der Waals surface area (Å²) in [6.07, 6.45) is 1.85. The van der Waals surface area contributed by atoms with E-state index in [9.17, 15) is 0 Å². The Bertz CT molecular complexity index is 678. The van der Waals surface area contributed by atoms with Gasteiger partial charge in [0.15, 0.2) is 0 Å². The minimum atomic E-state index is 0. The summed E-state index contributed by atoms with van der Waals surface area (Å²) in [5, 5.41) is 2.38. The summed E-state index contributed by atoms with van der Waals surface area (Å²) in [6, 6.07) is 18.3. The molecule has 0 aliphatic heterocycles. The molecular formula is C16H15Cl2NO. The van der Waals surface area contributed by atoms with Gasteiger partial charge in [0, 0.05) is 17.1 Å². The van der Waals surface area contributed by atoms with E-state index in [0.29, 0.717) is 0 Å². The van der Waals surface area contributed by atoms with Gasteiger partial charge >= 0.3 is 0 Å². The monoisotopic (exact) mass is 307 g/mol. The first-order valence-electron chi connectivity index (χ1n) is 5.86. The lowest BCUT2D eigenvalue weighted by molar-refractivity contribution is 0.415. The molecule has 0 spiro atoms. The molecule has 3 rings (SSSR count). The van der Waals surface area contributed by atoms with Crippen molar-refractivity contribution in [3.05, 3.63) is 60.8 Å². The molecule has 0 bridgehead atoms. The second kappa shape index (κ2) is 7.13. The van der Waals surface area contributed by atoms with Gasteiger partial charge in [0.2, 0.25) is 0 Å². The standard InChI is InChI=1S/C16H13NO.2ClH/c1-18-14-8-6-13(7-9-14)16-15-5-3-2-4-12(15)10-11-17-16;;/h2-11H,1H3;2*1H. The highest BCUT2D eigenvalue weighted by Crippen LogP contribution is 2.27. The molecule has 0 fully saturated rings. The number of rotatable bonds is 2. The number of hydrogen-bond acceptors (Lipinski definition) is 2. The van der Waals surface area contributed by atoms with E-state index in [-0.39, 0.29) is 24.8 Å². The van der Waals surface area contributed by atoms with Crippen molar-refractivity contribution >= 4 is 35.6 Å². The molecule has 2 aromatic carbocycles. The van der Waals surface area contributed by atoms with Gasteiger partial charge < -0.3 is 4.74 Å². The Balaban J connectivity index is 0.000001000. The number of hydrogen-bond donors (Lipinski definition) is 0. The maximum Gasteiger partial charge on any atom is 0.118 e. The largest absolute Gasteiger partial charge is 0.497 e. The normalized spacial score (nSPS) is 9.45. The number of benzene rings is 2. The molecule has 0 saturated carbocycles. The summed E-state index contributed by atoms with van der Waals surface area (Å²) in [7, 11) is 1.67. The second-order valence-electron chi connectivity index (χ2n) is 4.11. The second-order valence-corrected chi connectivity index (χ2v) is 4.11. The van der Waals surface area contributed by atoms with Crippen LogP contribution in [0, 0.1) is 0 Å². The van der Waals surface area contributed by atoms with E-state index in [1.807, 2.05) is 48.7 Å². The van der Waals surface area contributed by atoms with E-state index in [1.54, 1.807) is 7.11 Å². The first kappa shape index (κ1) is 16.3. The van der Waals surface area contributed by atoms with Crippen molar-refractivity contribution in [1.29, 1.82) is 0 Å². The molecule has 4 heteroatoms. The van der Waals surface area contributed by atoms with E-state index in [1.165, 1.54) is 10.8 Å². The van der Waals surface area contributed by atoms with Crippen molar-refractivity contribution < 1.29 is 4.74 Å². The van der Waals surface area contributed by atoms with Crippen LogP contribution >= 0.6 is 24.8 Å². The molecular weight excluding hydrogens is 293 g/mol. The topological polar surface area (TPSA) is 22.1 Å². The van der Waals surface area contributed by atoms with Crippen LogP contribution in [0.15, 0.2) is 60.8 Å². The van der Waals surface area contributed by atoms with Crippen LogP contribution in [0.2, 0.25) is 0 Å². The Labute approximate surface area is 130 Å². The average Bonchev–Trinajstić information content (AvgIpc) is 2.47. The van der Waals surface area contributed by atoms with Gasteiger partial charge in [-0.15, -0.1) is 24.8 Å². The zero-order chi connectivity index (χ0) is 12.4. The van der Waals surface area contributed by atoms with Gasteiger partial charge in [-0.1, -0.05) is 24.3 Å². The summed E-state index contributed by atoms with van der Waals surface area (Å²) in [4.78, 5) is 4.49. The first-order valence-corrected chi connectivity index (χ1v) is 5.86. The van der Waals surface area contributed by atoms with E-state index < -0.39 is 0 Å². The molecule has 3 aromatic rings. The Morgan fingerprint density at radius 2 is 1.55 bits per heavy atom. The minimum Gasteiger partial charge on any atom is -0.497 e. The van der Waals surface area contributed by atoms with Gasteiger partial charge in [-0.25, -0.2) is 0 Å². The van der Waals surface area contributed by atoms with Crippen molar-refractivity contribution in [2.24, 2.45) is 0 Å². The number of fused-ring (bicyclic) bond motifs is 1. The molecule has 1 heterocycles. The third-order valence-electron chi connectivity index (χ3n) is 3.04. The fourth-order valence-corrected chi connectivity index (χ4v) is 2.10. The zero-order valence-electron chi connectivity index (χ0n) is 10.9. The highest BCUT2D eigenvalue weighted by atomic mass is 35.5. The lowest BCUT2D eigenvalue weighted by Crippen LogP contribution is -1.87. The smallest absolute Gasteiger partial charge is 0.118 e. The summed E-state index contributed by atoms with van der Waals surface area (Å²) in [6.45, 7) is 0. The van der Waals surface area contributed by atoms with Crippen LogP contribution in [0.5, 0.6) is 5.75 Å². The van der Waals surface area contributed by atoms with Crippen molar-refractivity contribution in [2.75, 3.05) is 7.11 Å². The van der Waals surface area contributed by atoms with Crippen molar-refractivity contribution in [3.8, 4) is 17.0 Å². The number of halogens is 2. The van der Waals surface area contributed by atoms with E-state index in [2.05, 4.69) is 17.1 Å². The average molecular weight is 308 g/mol. The molecule has 0 radical (unpaired) electrons. The highest BCUT2D eigenvalue weighted by molar-refractivity contribution is 5.94. The molecule has 0 N–H and O–H groups in total. The molecule has 0 saturated heterocycles. The van der Waals surface area contributed by atoms with Crippen LogP contribution in [-0.4, -0.2) is 12.1 Å². The summed E-state index contributed by atoms with van der Waals surface area (Å²) in [5.74, 6) is 0.860. The first-order chi connectivity index (χ1) is 8.88. The molecule has 0 aliphatic rings. The van der Waals surface area contributed by atoms with Crippen LogP contribution in [0.3, 0.4) is 0 Å². The van der Waals surface area contributed by atoms with E-state index in [0.717, 1.165) is 17.0 Å². The fraction of sp³-hybridized carbons (Fsp3) is 0.0625. The van der Waals surface area contributed by atoms with Gasteiger partial charge in [0.25, 0.3) is 0 Å². The third kappa shape index (κ3) is 3.03. The van der Waals surface area contributed by atoms with Crippen LogP contribution in [-0.2, 0) is 0 Å². The third-order valence-corrected chi connectivity index (χ3v) is 3.04. The summed E-state index contributed by atoms with van der Waals surface area (Å²) < 4.78 is 5.17. The Morgan fingerprint density at radius 1 is 0.850 bits per heavy atom. The molecule has 2 nitrogen and oxygen atoms in total. The van der Waals surface area contributed by atoms with Crippen molar-refractivity contribution in [3.63, 3.8) is 0 Å². The van der Waals surface area contributed by atoms with Crippen LogP contribution < -0.4 is 4.74 Å².